The molecule has 1 aromatic rings. The van der Waals surface area contributed by atoms with E-state index in [0.717, 1.165) is 36.8 Å². The molecule has 1 saturated heterocycles. The average molecular weight is 392 g/mol. The molecule has 2 saturated carbocycles. The topological polar surface area (TPSA) is 38.3 Å². The molecule has 1 amide bonds. The van der Waals surface area contributed by atoms with Crippen LogP contribution in [0, 0.1) is 24.7 Å². The third-order valence-corrected chi connectivity index (χ3v) is 10.4. The maximum atomic E-state index is 12.8. The molecule has 2 bridgehead atoms. The number of carbonyl (C=O) groups excluding carboxylic acids is 1. The molecule has 3 aliphatic rings. The second-order valence-corrected chi connectivity index (χ2v) is 10.9. The first-order chi connectivity index (χ1) is 12.6. The van der Waals surface area contributed by atoms with Gasteiger partial charge in [0.2, 0.25) is 5.91 Å². The minimum atomic E-state index is 0.222. The van der Waals surface area contributed by atoms with Crippen LogP contribution in [0.25, 0.3) is 0 Å². The van der Waals surface area contributed by atoms with Crippen molar-refractivity contribution in [3.05, 3.63) is 29.3 Å². The van der Waals surface area contributed by atoms with Crippen molar-refractivity contribution >= 4 is 29.4 Å². The second kappa shape index (κ2) is 7.67. The highest BCUT2D eigenvalue weighted by molar-refractivity contribution is 8.21. The molecule has 2 unspecified atom stereocenters. The van der Waals surface area contributed by atoms with Gasteiger partial charge in [-0.2, -0.15) is 0 Å². The number of amides is 1. The number of hydrogen-bond donors (Lipinski definition) is 1. The molecule has 3 nitrogen and oxygen atoms in total. The maximum absolute atomic E-state index is 12.8. The number of nitrogens with one attached hydrogen (secondary N) is 1. The van der Waals surface area contributed by atoms with E-state index in [2.05, 4.69) is 47.9 Å². The summed E-state index contributed by atoms with van der Waals surface area (Å²) < 4.78 is 5.91. The van der Waals surface area contributed by atoms with Gasteiger partial charge in [0.1, 0.15) is 5.75 Å². The van der Waals surface area contributed by atoms with Crippen LogP contribution in [0.2, 0.25) is 0 Å². The lowest BCUT2D eigenvalue weighted by Gasteiger charge is -2.42. The summed E-state index contributed by atoms with van der Waals surface area (Å²) in [4.78, 5) is 12.8. The molecule has 5 heteroatoms. The van der Waals surface area contributed by atoms with E-state index < -0.39 is 0 Å². The van der Waals surface area contributed by atoms with Gasteiger partial charge < -0.3 is 10.1 Å². The Morgan fingerprint density at radius 2 is 1.92 bits per heavy atom. The third kappa shape index (κ3) is 3.37. The highest BCUT2D eigenvalue weighted by Gasteiger charge is 2.57. The van der Waals surface area contributed by atoms with Crippen molar-refractivity contribution in [3.63, 3.8) is 0 Å². The molecule has 1 N–H and O–H groups in total. The highest BCUT2D eigenvalue weighted by Crippen LogP contribution is 2.65. The summed E-state index contributed by atoms with van der Waals surface area (Å²) in [6.07, 6.45) is 5.67. The molecule has 1 aromatic carbocycles. The Hall–Kier alpha value is -0.810. The Morgan fingerprint density at radius 1 is 1.23 bits per heavy atom. The first-order valence-corrected chi connectivity index (χ1v) is 11.8. The second-order valence-electron chi connectivity index (χ2n) is 7.91. The predicted octanol–water partition coefficient (Wildman–Crippen LogP) is 4.27. The van der Waals surface area contributed by atoms with Crippen molar-refractivity contribution in [2.45, 2.75) is 43.1 Å². The van der Waals surface area contributed by atoms with Gasteiger partial charge in [-0.05, 0) is 62.5 Å². The zero-order chi connectivity index (χ0) is 18.1. The zero-order valence-electron chi connectivity index (χ0n) is 15.8. The normalized spacial score (nSPS) is 29.1. The maximum Gasteiger partial charge on any atom is 0.223 e. The lowest BCUT2D eigenvalue weighted by Crippen LogP contribution is -2.43. The van der Waals surface area contributed by atoms with Gasteiger partial charge in [-0.25, -0.2) is 0 Å². The van der Waals surface area contributed by atoms with Gasteiger partial charge >= 0.3 is 0 Å². The lowest BCUT2D eigenvalue weighted by atomic mass is 9.79. The average Bonchev–Trinajstić information content (AvgIpc) is 3.17. The Balaban J connectivity index is 1.32. The molecular weight excluding hydrogens is 362 g/mol. The standard InChI is InChI=1S/C21H29NO2S2/c1-14-3-6-19(24-2)15(11-14)7-8-22-20(23)16-12-17-4-5-18(13-16)21(17)25-9-10-26-21/h3,6,11,16-18H,4-5,7-10,12-13H2,1-2H3,(H,22,23). The van der Waals surface area contributed by atoms with Gasteiger partial charge in [0.05, 0.1) is 11.2 Å². The molecule has 142 valence electrons. The van der Waals surface area contributed by atoms with Crippen molar-refractivity contribution in [2.24, 2.45) is 17.8 Å². The monoisotopic (exact) mass is 391 g/mol. The smallest absolute Gasteiger partial charge is 0.223 e. The van der Waals surface area contributed by atoms with Gasteiger partial charge in [-0.15, -0.1) is 23.5 Å². The van der Waals surface area contributed by atoms with Gasteiger partial charge in [0, 0.05) is 24.0 Å². The Labute approximate surface area is 165 Å². The van der Waals surface area contributed by atoms with Crippen LogP contribution < -0.4 is 10.1 Å². The van der Waals surface area contributed by atoms with E-state index >= 15 is 0 Å². The Bertz CT molecular complexity index is 656. The molecule has 1 heterocycles. The van der Waals surface area contributed by atoms with E-state index in [1.165, 1.54) is 35.5 Å². The predicted molar refractivity (Wildman–Crippen MR) is 111 cm³/mol. The van der Waals surface area contributed by atoms with Crippen LogP contribution in [0.1, 0.15) is 36.8 Å². The number of methoxy groups -OCH3 is 1. The SMILES string of the molecule is COc1ccc(C)cc1CCNC(=O)C1CC2CCC(C1)C21SCCS1. The lowest BCUT2D eigenvalue weighted by molar-refractivity contribution is -0.126. The number of carbonyl (C=O) groups is 1. The Morgan fingerprint density at radius 3 is 2.58 bits per heavy atom. The minimum Gasteiger partial charge on any atom is -0.496 e. The van der Waals surface area contributed by atoms with Crippen LogP contribution in [0.5, 0.6) is 5.75 Å². The molecule has 4 rings (SSSR count). The van der Waals surface area contributed by atoms with E-state index in [-0.39, 0.29) is 11.8 Å². The van der Waals surface area contributed by atoms with Crippen molar-refractivity contribution in [1.29, 1.82) is 0 Å². The van der Waals surface area contributed by atoms with Gasteiger partial charge in [-0.3, -0.25) is 4.79 Å². The summed E-state index contributed by atoms with van der Waals surface area (Å²) in [6, 6.07) is 6.24. The molecule has 26 heavy (non-hydrogen) atoms. The molecule has 1 aliphatic heterocycles. The van der Waals surface area contributed by atoms with Gasteiger partial charge in [-0.1, -0.05) is 17.7 Å². The first kappa shape index (κ1) is 18.5. The van der Waals surface area contributed by atoms with Crippen molar-refractivity contribution in [2.75, 3.05) is 25.2 Å². The minimum absolute atomic E-state index is 0.222. The fraction of sp³-hybridized carbons (Fsp3) is 0.667. The number of rotatable bonds is 5. The van der Waals surface area contributed by atoms with E-state index in [0.29, 0.717) is 10.6 Å². The van der Waals surface area contributed by atoms with Gasteiger partial charge in [0.25, 0.3) is 0 Å². The summed E-state index contributed by atoms with van der Waals surface area (Å²) in [6.45, 7) is 2.79. The number of hydrogen-bond acceptors (Lipinski definition) is 4. The van der Waals surface area contributed by atoms with E-state index in [1.54, 1.807) is 7.11 Å². The Kier molecular flexibility index (Phi) is 5.47. The van der Waals surface area contributed by atoms with Crippen molar-refractivity contribution in [3.8, 4) is 5.75 Å². The summed E-state index contributed by atoms with van der Waals surface area (Å²) in [5.41, 5.74) is 2.40. The summed E-state index contributed by atoms with van der Waals surface area (Å²) in [5.74, 6) is 5.49. The molecule has 1 spiro atoms. The quantitative estimate of drug-likeness (QED) is 0.813. The van der Waals surface area contributed by atoms with Crippen molar-refractivity contribution < 1.29 is 9.53 Å². The zero-order valence-corrected chi connectivity index (χ0v) is 17.4. The summed E-state index contributed by atoms with van der Waals surface area (Å²) in [7, 11) is 1.71. The summed E-state index contributed by atoms with van der Waals surface area (Å²) in [5, 5.41) is 3.21. The van der Waals surface area contributed by atoms with Crippen LogP contribution in [0.4, 0.5) is 0 Å². The van der Waals surface area contributed by atoms with Crippen LogP contribution in [-0.4, -0.2) is 35.1 Å². The molecule has 0 aromatic heterocycles. The number of aryl methyl sites for hydroxylation is 1. The summed E-state index contributed by atoms with van der Waals surface area (Å²) >= 11 is 4.39. The van der Waals surface area contributed by atoms with Gasteiger partial charge in [0.15, 0.2) is 0 Å². The molecule has 3 fully saturated rings. The van der Waals surface area contributed by atoms with E-state index in [1.807, 2.05) is 6.07 Å². The van der Waals surface area contributed by atoms with Crippen LogP contribution >= 0.6 is 23.5 Å². The fourth-order valence-electron chi connectivity index (χ4n) is 5.18. The molecule has 2 atom stereocenters. The van der Waals surface area contributed by atoms with Crippen LogP contribution in [-0.2, 0) is 11.2 Å². The highest BCUT2D eigenvalue weighted by atomic mass is 32.2. The van der Waals surface area contributed by atoms with E-state index in [4.69, 9.17) is 4.74 Å². The molecule has 0 radical (unpaired) electrons. The molecular formula is C21H29NO2S2. The fourth-order valence-corrected chi connectivity index (χ4v) is 9.12. The van der Waals surface area contributed by atoms with E-state index in [9.17, 15) is 4.79 Å². The van der Waals surface area contributed by atoms with Crippen molar-refractivity contribution in [1.82, 2.24) is 5.32 Å². The van der Waals surface area contributed by atoms with Crippen LogP contribution in [0.15, 0.2) is 18.2 Å². The molecule has 2 aliphatic carbocycles. The number of ether oxygens (including phenoxy) is 1. The third-order valence-electron chi connectivity index (χ3n) is 6.38. The first-order valence-electron chi connectivity index (χ1n) is 9.81. The number of thioether (sulfide) groups is 2. The number of benzene rings is 1. The largest absolute Gasteiger partial charge is 0.496 e. The van der Waals surface area contributed by atoms with Crippen LogP contribution in [0.3, 0.4) is 0 Å².